The molecule has 0 saturated heterocycles. The molecule has 0 radical (unpaired) electrons. The number of hydrogen-bond acceptors (Lipinski definition) is 4. The summed E-state index contributed by atoms with van der Waals surface area (Å²) in [5.41, 5.74) is 6.16. The zero-order valence-electron chi connectivity index (χ0n) is 9.63. The molecule has 7 heteroatoms. The Morgan fingerprint density at radius 2 is 2.12 bits per heavy atom. The first kappa shape index (κ1) is 13.1. The monoisotopic (exact) mass is 246 g/mol. The van der Waals surface area contributed by atoms with Crippen LogP contribution in [0.25, 0.3) is 0 Å². The van der Waals surface area contributed by atoms with Gasteiger partial charge in [-0.05, 0) is 25.8 Å². The van der Waals surface area contributed by atoms with Crippen molar-refractivity contribution >= 4 is 10.2 Å². The smallest absolute Gasteiger partial charge is 0.308 e. The molecule has 1 rings (SSSR count). The van der Waals surface area contributed by atoms with Crippen molar-refractivity contribution in [3.63, 3.8) is 0 Å². The van der Waals surface area contributed by atoms with Gasteiger partial charge in [-0.1, -0.05) is 0 Å². The fraction of sp³-hybridized carbons (Fsp3) is 0.667. The second-order valence-corrected chi connectivity index (χ2v) is 5.78. The molecule has 0 saturated carbocycles. The third-order valence-corrected chi connectivity index (χ3v) is 3.88. The molecule has 1 aromatic rings. The van der Waals surface area contributed by atoms with E-state index in [1.165, 1.54) is 20.4 Å². The third kappa shape index (κ3) is 3.03. The maximum Gasteiger partial charge on any atom is 0.308 e. The Bertz CT molecular complexity index is 424. The van der Waals surface area contributed by atoms with Crippen molar-refractivity contribution in [2.24, 2.45) is 5.73 Å². The van der Waals surface area contributed by atoms with Crippen LogP contribution in [0.3, 0.4) is 0 Å². The molecule has 0 fully saturated rings. The van der Waals surface area contributed by atoms with Crippen LogP contribution in [0.1, 0.15) is 18.5 Å². The van der Waals surface area contributed by atoms with E-state index in [1.807, 2.05) is 0 Å². The van der Waals surface area contributed by atoms with Crippen LogP contribution in [-0.4, -0.2) is 42.3 Å². The zero-order chi connectivity index (χ0) is 12.2. The zero-order valence-corrected chi connectivity index (χ0v) is 10.4. The van der Waals surface area contributed by atoms with Gasteiger partial charge < -0.3 is 5.73 Å². The summed E-state index contributed by atoms with van der Waals surface area (Å²) in [6.07, 6.45) is 5.48. The lowest BCUT2D eigenvalue weighted by Crippen LogP contribution is -2.27. The predicted molar refractivity (Wildman–Crippen MR) is 62.2 cm³/mol. The highest BCUT2D eigenvalue weighted by atomic mass is 32.2. The maximum atomic E-state index is 11.7. The van der Waals surface area contributed by atoms with Crippen LogP contribution in [0, 0.1) is 0 Å². The van der Waals surface area contributed by atoms with E-state index in [-0.39, 0.29) is 0 Å². The first-order valence-corrected chi connectivity index (χ1v) is 6.54. The van der Waals surface area contributed by atoms with Gasteiger partial charge in [0.25, 0.3) is 0 Å². The molecular formula is C9H18N4O2S. The van der Waals surface area contributed by atoms with E-state index < -0.39 is 10.2 Å². The van der Waals surface area contributed by atoms with Crippen molar-refractivity contribution in [2.45, 2.75) is 19.3 Å². The number of nitrogens with two attached hydrogens (primary N) is 1. The Morgan fingerprint density at radius 3 is 2.69 bits per heavy atom. The lowest BCUT2D eigenvalue weighted by Gasteiger charge is -2.10. The fourth-order valence-electron chi connectivity index (χ4n) is 1.24. The minimum Gasteiger partial charge on any atom is -0.330 e. The molecule has 92 valence electrons. The number of aromatic nitrogens is 2. The summed E-state index contributed by atoms with van der Waals surface area (Å²) in [6.45, 7) is 0.650. The van der Waals surface area contributed by atoms with Gasteiger partial charge in [0.2, 0.25) is 0 Å². The topological polar surface area (TPSA) is 81.2 Å². The Kier molecular flexibility index (Phi) is 4.45. The van der Waals surface area contributed by atoms with E-state index >= 15 is 0 Å². The molecule has 0 aromatic carbocycles. The first-order valence-electron chi connectivity index (χ1n) is 5.14. The third-order valence-electron chi connectivity index (χ3n) is 2.23. The highest BCUT2D eigenvalue weighted by Crippen LogP contribution is 2.06. The van der Waals surface area contributed by atoms with Gasteiger partial charge in [-0.2, -0.15) is 12.7 Å². The normalized spacial score (nSPS) is 12.2. The quantitative estimate of drug-likeness (QED) is 0.706. The number of imidazole rings is 1. The molecule has 0 amide bonds. The van der Waals surface area contributed by atoms with Gasteiger partial charge in [0, 0.05) is 20.3 Å². The van der Waals surface area contributed by atoms with Gasteiger partial charge in [0.1, 0.15) is 6.33 Å². The first-order chi connectivity index (χ1) is 7.48. The highest BCUT2D eigenvalue weighted by Gasteiger charge is 2.16. The van der Waals surface area contributed by atoms with Gasteiger partial charge in [-0.3, -0.25) is 0 Å². The highest BCUT2D eigenvalue weighted by molar-refractivity contribution is 7.87. The van der Waals surface area contributed by atoms with E-state index in [1.54, 1.807) is 6.20 Å². The summed E-state index contributed by atoms with van der Waals surface area (Å²) in [6, 6.07) is 0. The summed E-state index contributed by atoms with van der Waals surface area (Å²) in [5, 5.41) is 0. The van der Waals surface area contributed by atoms with E-state index in [9.17, 15) is 8.42 Å². The van der Waals surface area contributed by atoms with Crippen LogP contribution in [0.5, 0.6) is 0 Å². The van der Waals surface area contributed by atoms with Crippen molar-refractivity contribution in [2.75, 3.05) is 20.6 Å². The van der Waals surface area contributed by atoms with Crippen LogP contribution in [0.15, 0.2) is 12.5 Å². The molecule has 0 atom stereocenters. The average molecular weight is 246 g/mol. The van der Waals surface area contributed by atoms with Crippen molar-refractivity contribution in [3.8, 4) is 0 Å². The molecular weight excluding hydrogens is 228 g/mol. The molecule has 1 aromatic heterocycles. The van der Waals surface area contributed by atoms with Crippen molar-refractivity contribution in [3.05, 3.63) is 18.2 Å². The van der Waals surface area contributed by atoms with Crippen LogP contribution < -0.4 is 5.73 Å². The number of aryl methyl sites for hydroxylation is 1. The van der Waals surface area contributed by atoms with Crippen molar-refractivity contribution in [1.82, 2.24) is 13.3 Å². The molecule has 2 N–H and O–H groups in total. The molecule has 0 aliphatic rings. The lowest BCUT2D eigenvalue weighted by atomic mass is 10.2. The van der Waals surface area contributed by atoms with Crippen LogP contribution >= 0.6 is 0 Å². The van der Waals surface area contributed by atoms with E-state index in [0.29, 0.717) is 6.54 Å². The van der Waals surface area contributed by atoms with Crippen LogP contribution in [0.2, 0.25) is 0 Å². The van der Waals surface area contributed by atoms with Crippen molar-refractivity contribution < 1.29 is 8.42 Å². The number of nitrogens with zero attached hydrogens (tertiary/aromatic N) is 3. The molecule has 1 heterocycles. The summed E-state index contributed by atoms with van der Waals surface area (Å²) < 4.78 is 25.7. The summed E-state index contributed by atoms with van der Waals surface area (Å²) in [5.74, 6) is 0. The molecule has 0 spiro atoms. The molecule has 0 unspecified atom stereocenters. The number of rotatable bonds is 6. The number of unbranched alkanes of at least 4 members (excludes halogenated alkanes) is 1. The molecule has 0 aliphatic carbocycles. The Hall–Kier alpha value is -0.920. The average Bonchev–Trinajstić information content (AvgIpc) is 2.67. The van der Waals surface area contributed by atoms with Crippen LogP contribution in [0.4, 0.5) is 0 Å². The molecule has 0 aliphatic heterocycles. The van der Waals surface area contributed by atoms with Gasteiger partial charge >= 0.3 is 10.2 Å². The van der Waals surface area contributed by atoms with Crippen molar-refractivity contribution in [1.29, 1.82) is 0 Å². The molecule has 16 heavy (non-hydrogen) atoms. The van der Waals surface area contributed by atoms with E-state index in [0.717, 1.165) is 33.2 Å². The standard InChI is InChI=1S/C9H18N4O2S/c1-12(2)16(14,15)13-7-9(11-8-13)5-3-4-6-10/h7-8H,3-6,10H2,1-2H3. The molecule has 6 nitrogen and oxygen atoms in total. The minimum absolute atomic E-state index is 0.650. The Balaban J connectivity index is 2.72. The van der Waals surface area contributed by atoms with E-state index in [2.05, 4.69) is 4.98 Å². The Labute approximate surface area is 96.3 Å². The van der Waals surface area contributed by atoms with E-state index in [4.69, 9.17) is 5.73 Å². The van der Waals surface area contributed by atoms with Gasteiger partial charge in [0.15, 0.2) is 0 Å². The minimum atomic E-state index is -3.42. The Morgan fingerprint density at radius 1 is 1.44 bits per heavy atom. The summed E-state index contributed by atoms with van der Waals surface area (Å²) >= 11 is 0. The SMILES string of the molecule is CN(C)S(=O)(=O)n1cnc(CCCCN)c1. The largest absolute Gasteiger partial charge is 0.330 e. The lowest BCUT2D eigenvalue weighted by molar-refractivity contribution is 0.510. The second-order valence-electron chi connectivity index (χ2n) is 3.73. The summed E-state index contributed by atoms with van der Waals surface area (Å²) in [4.78, 5) is 4.05. The van der Waals surface area contributed by atoms with Gasteiger partial charge in [0.05, 0.1) is 5.69 Å². The predicted octanol–water partition coefficient (Wildman–Crippen LogP) is -0.181. The summed E-state index contributed by atoms with van der Waals surface area (Å²) in [7, 11) is -0.445. The second kappa shape index (κ2) is 5.42. The number of hydrogen-bond donors (Lipinski definition) is 1. The van der Waals surface area contributed by atoms with Gasteiger partial charge in [-0.15, -0.1) is 0 Å². The van der Waals surface area contributed by atoms with Gasteiger partial charge in [-0.25, -0.2) is 8.96 Å². The molecule has 0 bridgehead atoms. The van der Waals surface area contributed by atoms with Crippen LogP contribution in [-0.2, 0) is 16.6 Å². The fourth-order valence-corrected chi connectivity index (χ4v) is 2.04. The maximum absolute atomic E-state index is 11.7.